The molecule has 1 atom stereocenters. The maximum absolute atomic E-state index is 9.72. The minimum atomic E-state index is 0.416. The highest BCUT2D eigenvalue weighted by atomic mass is 16.5. The standard InChI is InChI=1S/C23H21N5O/c1-15-4-2-3-11-28(15)21-8-7-18(12-19(21)14-24)23-26-22(27-29-23)17-6-5-16-9-10-25-20(16)13-17/h5-8,10,12-13,15H,2-4,9,11H2,1H3. The third-order valence-corrected chi connectivity index (χ3v) is 5.79. The smallest absolute Gasteiger partial charge is 0.258 e. The Kier molecular flexibility index (Phi) is 4.36. The van der Waals surface area contributed by atoms with Gasteiger partial charge in [0.25, 0.3) is 5.89 Å². The highest BCUT2D eigenvalue weighted by Gasteiger charge is 2.22. The van der Waals surface area contributed by atoms with Crippen LogP contribution in [0.4, 0.5) is 11.4 Å². The lowest BCUT2D eigenvalue weighted by Gasteiger charge is -2.36. The Morgan fingerprint density at radius 3 is 2.90 bits per heavy atom. The van der Waals surface area contributed by atoms with Crippen LogP contribution >= 0.6 is 0 Å². The summed E-state index contributed by atoms with van der Waals surface area (Å²) in [6, 6.07) is 14.6. The van der Waals surface area contributed by atoms with Gasteiger partial charge in [0.1, 0.15) is 6.07 Å². The van der Waals surface area contributed by atoms with Crippen LogP contribution in [0.2, 0.25) is 0 Å². The van der Waals surface area contributed by atoms with Crippen LogP contribution in [0.5, 0.6) is 0 Å². The normalized spacial score (nSPS) is 17.9. The minimum Gasteiger partial charge on any atom is -0.368 e. The van der Waals surface area contributed by atoms with Gasteiger partial charge in [-0.05, 0) is 56.0 Å². The molecule has 0 N–H and O–H groups in total. The SMILES string of the molecule is CC1CCCCN1c1ccc(-c2nc(-c3ccc4c(c3)N=CC4)no2)cc1C#N. The third kappa shape index (κ3) is 3.19. The van der Waals surface area contributed by atoms with E-state index in [4.69, 9.17) is 4.52 Å². The second-order valence-corrected chi connectivity index (χ2v) is 7.66. The number of nitriles is 1. The van der Waals surface area contributed by atoms with Gasteiger partial charge < -0.3 is 9.42 Å². The van der Waals surface area contributed by atoms with Crippen LogP contribution in [0.1, 0.15) is 37.3 Å². The quantitative estimate of drug-likeness (QED) is 0.642. The summed E-state index contributed by atoms with van der Waals surface area (Å²) in [6.45, 7) is 3.21. The van der Waals surface area contributed by atoms with E-state index >= 15 is 0 Å². The summed E-state index contributed by atoms with van der Waals surface area (Å²) in [6.07, 6.45) is 6.34. The Morgan fingerprint density at radius 2 is 2.03 bits per heavy atom. The summed E-state index contributed by atoms with van der Waals surface area (Å²) in [4.78, 5) is 11.3. The fraction of sp³-hybridized carbons (Fsp3) is 0.304. The van der Waals surface area contributed by atoms with E-state index < -0.39 is 0 Å². The summed E-state index contributed by atoms with van der Waals surface area (Å²) in [5.41, 5.74) is 5.42. The second kappa shape index (κ2) is 7.17. The van der Waals surface area contributed by atoms with Crippen LogP contribution in [0.15, 0.2) is 45.9 Å². The molecule has 0 amide bonds. The zero-order valence-electron chi connectivity index (χ0n) is 16.3. The van der Waals surface area contributed by atoms with Gasteiger partial charge in [0, 0.05) is 36.3 Å². The maximum atomic E-state index is 9.72. The summed E-state index contributed by atoms with van der Waals surface area (Å²) >= 11 is 0. The van der Waals surface area contributed by atoms with Gasteiger partial charge in [0.15, 0.2) is 0 Å². The molecule has 144 valence electrons. The summed E-state index contributed by atoms with van der Waals surface area (Å²) in [7, 11) is 0. The van der Waals surface area contributed by atoms with Crippen LogP contribution in [-0.4, -0.2) is 28.9 Å². The van der Waals surface area contributed by atoms with Gasteiger partial charge in [-0.2, -0.15) is 10.2 Å². The van der Waals surface area contributed by atoms with E-state index in [9.17, 15) is 5.26 Å². The predicted octanol–water partition coefficient (Wildman–Crippen LogP) is 4.91. The maximum Gasteiger partial charge on any atom is 0.258 e. The molecule has 0 bridgehead atoms. The molecular formula is C23H21N5O. The summed E-state index contributed by atoms with van der Waals surface area (Å²) in [5, 5.41) is 13.9. The van der Waals surface area contributed by atoms with Gasteiger partial charge in [-0.25, -0.2) is 0 Å². The molecule has 3 aromatic rings. The first-order valence-corrected chi connectivity index (χ1v) is 10.0. The molecule has 0 radical (unpaired) electrons. The molecule has 0 saturated carbocycles. The van der Waals surface area contributed by atoms with E-state index in [1.54, 1.807) is 0 Å². The lowest BCUT2D eigenvalue weighted by molar-refractivity contribution is 0.432. The topological polar surface area (TPSA) is 78.3 Å². The lowest BCUT2D eigenvalue weighted by atomic mass is 10.0. The van der Waals surface area contributed by atoms with Crippen LogP contribution in [-0.2, 0) is 6.42 Å². The van der Waals surface area contributed by atoms with Crippen molar-refractivity contribution in [3.63, 3.8) is 0 Å². The number of benzene rings is 2. The van der Waals surface area contributed by atoms with Crippen LogP contribution in [0.25, 0.3) is 22.8 Å². The van der Waals surface area contributed by atoms with Crippen molar-refractivity contribution in [2.45, 2.75) is 38.6 Å². The number of rotatable bonds is 3. The van der Waals surface area contributed by atoms with Crippen LogP contribution < -0.4 is 4.90 Å². The zero-order chi connectivity index (χ0) is 19.8. The Hall–Kier alpha value is -3.46. The highest BCUT2D eigenvalue weighted by Crippen LogP contribution is 2.33. The Labute approximate surface area is 169 Å². The van der Waals surface area contributed by atoms with Crippen molar-refractivity contribution in [1.29, 1.82) is 5.26 Å². The Balaban J connectivity index is 1.46. The van der Waals surface area contributed by atoms with Crippen molar-refractivity contribution in [2.75, 3.05) is 11.4 Å². The molecule has 1 saturated heterocycles. The van der Waals surface area contributed by atoms with Gasteiger partial charge in [-0.15, -0.1) is 0 Å². The first-order valence-electron chi connectivity index (χ1n) is 10.0. The molecule has 29 heavy (non-hydrogen) atoms. The molecule has 2 aliphatic heterocycles. The number of piperidine rings is 1. The largest absolute Gasteiger partial charge is 0.368 e. The molecule has 1 aromatic heterocycles. The van der Waals surface area contributed by atoms with Crippen molar-refractivity contribution < 1.29 is 4.52 Å². The monoisotopic (exact) mass is 383 g/mol. The number of hydrogen-bond acceptors (Lipinski definition) is 6. The zero-order valence-corrected chi connectivity index (χ0v) is 16.3. The Bertz CT molecular complexity index is 1140. The number of anilines is 1. The molecule has 1 unspecified atom stereocenters. The van der Waals surface area contributed by atoms with E-state index in [0.29, 0.717) is 23.3 Å². The van der Waals surface area contributed by atoms with E-state index in [2.05, 4.69) is 39.1 Å². The van der Waals surface area contributed by atoms with Gasteiger partial charge in [-0.1, -0.05) is 17.3 Å². The van der Waals surface area contributed by atoms with E-state index in [1.165, 1.54) is 12.0 Å². The number of fused-ring (bicyclic) bond motifs is 1. The first-order chi connectivity index (χ1) is 14.2. The average Bonchev–Trinajstić information content (AvgIpc) is 3.43. The fourth-order valence-corrected chi connectivity index (χ4v) is 4.16. The van der Waals surface area contributed by atoms with E-state index in [-0.39, 0.29) is 0 Å². The lowest BCUT2D eigenvalue weighted by Crippen LogP contribution is -2.37. The molecule has 2 aliphatic rings. The second-order valence-electron chi connectivity index (χ2n) is 7.66. The van der Waals surface area contributed by atoms with E-state index in [0.717, 1.165) is 48.3 Å². The average molecular weight is 383 g/mol. The number of aromatic nitrogens is 2. The van der Waals surface area contributed by atoms with Gasteiger partial charge in [0.05, 0.1) is 16.9 Å². The molecular weight excluding hydrogens is 362 g/mol. The number of hydrogen-bond donors (Lipinski definition) is 0. The molecule has 3 heterocycles. The van der Waals surface area contributed by atoms with Gasteiger partial charge >= 0.3 is 0 Å². The summed E-state index contributed by atoms with van der Waals surface area (Å²) in [5.74, 6) is 0.941. The van der Waals surface area contributed by atoms with Crippen molar-refractivity contribution in [1.82, 2.24) is 10.1 Å². The molecule has 0 spiro atoms. The van der Waals surface area contributed by atoms with E-state index in [1.807, 2.05) is 36.5 Å². The highest BCUT2D eigenvalue weighted by molar-refractivity contribution is 5.78. The van der Waals surface area contributed by atoms with Gasteiger partial charge in [0.2, 0.25) is 5.82 Å². The van der Waals surface area contributed by atoms with Gasteiger partial charge in [-0.3, -0.25) is 4.99 Å². The molecule has 5 rings (SSSR count). The van der Waals surface area contributed by atoms with Crippen molar-refractivity contribution in [3.05, 3.63) is 47.5 Å². The molecule has 6 nitrogen and oxygen atoms in total. The van der Waals surface area contributed by atoms with Crippen molar-refractivity contribution in [3.8, 4) is 28.9 Å². The van der Waals surface area contributed by atoms with Crippen molar-refractivity contribution >= 4 is 17.6 Å². The minimum absolute atomic E-state index is 0.416. The molecule has 6 heteroatoms. The van der Waals surface area contributed by atoms with Crippen LogP contribution in [0, 0.1) is 11.3 Å². The third-order valence-electron chi connectivity index (χ3n) is 5.79. The molecule has 1 fully saturated rings. The number of aliphatic imine (C=N–C) groups is 1. The predicted molar refractivity (Wildman–Crippen MR) is 112 cm³/mol. The fourth-order valence-electron chi connectivity index (χ4n) is 4.16. The van der Waals surface area contributed by atoms with Crippen LogP contribution in [0.3, 0.4) is 0 Å². The van der Waals surface area contributed by atoms with Crippen molar-refractivity contribution in [2.24, 2.45) is 4.99 Å². The summed E-state index contributed by atoms with van der Waals surface area (Å²) < 4.78 is 5.51. The Morgan fingerprint density at radius 1 is 1.14 bits per heavy atom. The number of nitrogens with zero attached hydrogens (tertiary/aromatic N) is 5. The molecule has 0 aliphatic carbocycles. The first kappa shape index (κ1) is 17.6. The molecule has 2 aromatic carbocycles.